The Balaban J connectivity index is 1.91. The van der Waals surface area contributed by atoms with Crippen molar-refractivity contribution in [3.63, 3.8) is 0 Å². The van der Waals surface area contributed by atoms with Crippen LogP contribution in [0.5, 0.6) is 5.75 Å². The summed E-state index contributed by atoms with van der Waals surface area (Å²) in [5.74, 6) is -2.17. The molecule has 1 amide bonds. The second-order valence-corrected chi connectivity index (χ2v) is 5.43. The highest BCUT2D eigenvalue weighted by Gasteiger charge is 2.13. The van der Waals surface area contributed by atoms with Gasteiger partial charge < -0.3 is 15.5 Å². The first-order valence-electron chi connectivity index (χ1n) is 6.40. The van der Waals surface area contributed by atoms with Gasteiger partial charge in [0.15, 0.2) is 5.78 Å². The van der Waals surface area contributed by atoms with Crippen LogP contribution in [0, 0.1) is 0 Å². The molecule has 0 aliphatic heterocycles. The molecule has 1 heterocycles. The predicted octanol–water partition coefficient (Wildman–Crippen LogP) is 2.75. The molecular formula is C15H13NO5S. The number of amides is 1. The summed E-state index contributed by atoms with van der Waals surface area (Å²) in [4.78, 5) is 34.9. The van der Waals surface area contributed by atoms with Crippen molar-refractivity contribution in [3.05, 3.63) is 46.2 Å². The van der Waals surface area contributed by atoms with Crippen LogP contribution in [-0.4, -0.2) is 27.9 Å². The number of rotatable bonds is 6. The molecule has 0 bridgehead atoms. The zero-order valence-electron chi connectivity index (χ0n) is 11.4. The SMILES string of the molecule is O=C(CCC(=O)c1cccs1)Nc1ccc(C(=O)O)c(O)c1. The Bertz CT molecular complexity index is 709. The van der Waals surface area contributed by atoms with E-state index in [2.05, 4.69) is 5.32 Å². The number of carbonyl (C=O) groups excluding carboxylic acids is 2. The number of benzene rings is 1. The number of ketones is 1. The summed E-state index contributed by atoms with van der Waals surface area (Å²) in [6, 6.07) is 7.20. The fourth-order valence-electron chi connectivity index (χ4n) is 1.80. The van der Waals surface area contributed by atoms with E-state index in [0.717, 1.165) is 6.07 Å². The van der Waals surface area contributed by atoms with Crippen molar-refractivity contribution in [3.8, 4) is 5.75 Å². The van der Waals surface area contributed by atoms with E-state index in [-0.39, 0.29) is 35.8 Å². The minimum Gasteiger partial charge on any atom is -0.507 e. The Morgan fingerprint density at radius 1 is 1.14 bits per heavy atom. The van der Waals surface area contributed by atoms with Crippen LogP contribution >= 0.6 is 11.3 Å². The van der Waals surface area contributed by atoms with E-state index in [1.165, 1.54) is 23.5 Å². The molecule has 22 heavy (non-hydrogen) atoms. The second kappa shape index (κ2) is 6.86. The monoisotopic (exact) mass is 319 g/mol. The van der Waals surface area contributed by atoms with Crippen LogP contribution in [0.25, 0.3) is 0 Å². The number of phenols is 1. The number of aromatic hydroxyl groups is 1. The number of anilines is 1. The molecule has 6 nitrogen and oxygen atoms in total. The van der Waals surface area contributed by atoms with Gasteiger partial charge in [-0.3, -0.25) is 9.59 Å². The quantitative estimate of drug-likeness (QED) is 0.710. The van der Waals surface area contributed by atoms with Gasteiger partial charge in [-0.15, -0.1) is 11.3 Å². The fraction of sp³-hybridized carbons (Fsp3) is 0.133. The van der Waals surface area contributed by atoms with E-state index in [0.29, 0.717) is 4.88 Å². The third kappa shape index (κ3) is 3.92. The summed E-state index contributed by atoms with van der Waals surface area (Å²) < 4.78 is 0. The zero-order valence-corrected chi connectivity index (χ0v) is 12.2. The van der Waals surface area contributed by atoms with Crippen LogP contribution in [0.15, 0.2) is 35.7 Å². The summed E-state index contributed by atoms with van der Waals surface area (Å²) in [6.45, 7) is 0. The van der Waals surface area contributed by atoms with Crippen LogP contribution in [0.3, 0.4) is 0 Å². The number of hydrogen-bond acceptors (Lipinski definition) is 5. The molecule has 114 valence electrons. The minimum atomic E-state index is -1.25. The number of carbonyl (C=O) groups is 3. The number of hydrogen-bond donors (Lipinski definition) is 3. The van der Waals surface area contributed by atoms with Crippen LogP contribution < -0.4 is 5.32 Å². The molecule has 0 aliphatic rings. The molecule has 0 atom stereocenters. The molecular weight excluding hydrogens is 306 g/mol. The molecule has 0 aliphatic carbocycles. The maximum absolute atomic E-state index is 11.8. The van der Waals surface area contributed by atoms with E-state index >= 15 is 0 Å². The van der Waals surface area contributed by atoms with Gasteiger partial charge in [-0.2, -0.15) is 0 Å². The summed E-state index contributed by atoms with van der Waals surface area (Å²) in [5.41, 5.74) is 0.0296. The molecule has 0 saturated heterocycles. The largest absolute Gasteiger partial charge is 0.507 e. The van der Waals surface area contributed by atoms with Crippen molar-refractivity contribution in [2.24, 2.45) is 0 Å². The van der Waals surface area contributed by atoms with Gasteiger partial charge in [0.1, 0.15) is 11.3 Å². The van der Waals surface area contributed by atoms with E-state index in [9.17, 15) is 19.5 Å². The van der Waals surface area contributed by atoms with Gasteiger partial charge in [-0.05, 0) is 23.6 Å². The van der Waals surface area contributed by atoms with Crippen LogP contribution in [-0.2, 0) is 4.79 Å². The summed E-state index contributed by atoms with van der Waals surface area (Å²) in [5, 5.41) is 22.6. The second-order valence-electron chi connectivity index (χ2n) is 4.49. The molecule has 2 aromatic rings. The van der Waals surface area contributed by atoms with Gasteiger partial charge in [-0.25, -0.2) is 4.79 Å². The maximum atomic E-state index is 11.8. The lowest BCUT2D eigenvalue weighted by atomic mass is 10.1. The van der Waals surface area contributed by atoms with Crippen molar-refractivity contribution in [1.29, 1.82) is 0 Å². The lowest BCUT2D eigenvalue weighted by molar-refractivity contribution is -0.116. The number of Topliss-reactive ketones (excluding diaryl/α,β-unsaturated/α-hetero) is 1. The summed E-state index contributed by atoms with van der Waals surface area (Å²) >= 11 is 1.32. The Kier molecular flexibility index (Phi) is 4.90. The highest BCUT2D eigenvalue weighted by Crippen LogP contribution is 2.22. The van der Waals surface area contributed by atoms with Crippen molar-refractivity contribution in [2.45, 2.75) is 12.8 Å². The average molecular weight is 319 g/mol. The van der Waals surface area contributed by atoms with E-state index in [4.69, 9.17) is 5.11 Å². The van der Waals surface area contributed by atoms with Crippen LogP contribution in [0.1, 0.15) is 32.9 Å². The molecule has 0 spiro atoms. The number of carboxylic acids is 1. The van der Waals surface area contributed by atoms with Crippen LogP contribution in [0.2, 0.25) is 0 Å². The van der Waals surface area contributed by atoms with Gasteiger partial charge in [0.2, 0.25) is 5.91 Å². The van der Waals surface area contributed by atoms with Crippen molar-refractivity contribution in [1.82, 2.24) is 0 Å². The Morgan fingerprint density at radius 3 is 2.50 bits per heavy atom. The number of nitrogens with one attached hydrogen (secondary N) is 1. The first-order valence-corrected chi connectivity index (χ1v) is 7.28. The van der Waals surface area contributed by atoms with E-state index in [1.807, 2.05) is 0 Å². The van der Waals surface area contributed by atoms with Gasteiger partial charge in [-0.1, -0.05) is 6.07 Å². The lowest BCUT2D eigenvalue weighted by Crippen LogP contribution is -2.13. The normalized spacial score (nSPS) is 10.2. The Hall–Kier alpha value is -2.67. The van der Waals surface area contributed by atoms with Gasteiger partial charge in [0.25, 0.3) is 0 Å². The standard InChI is InChI=1S/C15H13NO5S/c17-11(13-2-1-7-22-13)5-6-14(19)16-9-3-4-10(15(20)21)12(18)8-9/h1-4,7-8,18H,5-6H2,(H,16,19)(H,20,21). The molecule has 7 heteroatoms. The van der Waals surface area contributed by atoms with Crippen molar-refractivity contribution < 1.29 is 24.6 Å². The predicted molar refractivity (Wildman–Crippen MR) is 81.6 cm³/mol. The molecule has 0 radical (unpaired) electrons. The van der Waals surface area contributed by atoms with Gasteiger partial charge >= 0.3 is 5.97 Å². The topological polar surface area (TPSA) is 104 Å². The molecule has 0 fully saturated rings. The number of carboxylic acid groups (broad SMARTS) is 1. The number of thiophene rings is 1. The molecule has 3 N–H and O–H groups in total. The zero-order chi connectivity index (χ0) is 16.1. The lowest BCUT2D eigenvalue weighted by Gasteiger charge is -2.06. The molecule has 1 aromatic carbocycles. The highest BCUT2D eigenvalue weighted by atomic mass is 32.1. The van der Waals surface area contributed by atoms with E-state index in [1.54, 1.807) is 17.5 Å². The number of aromatic carboxylic acids is 1. The third-order valence-electron chi connectivity index (χ3n) is 2.89. The smallest absolute Gasteiger partial charge is 0.339 e. The molecule has 0 unspecified atom stereocenters. The fourth-order valence-corrected chi connectivity index (χ4v) is 2.50. The van der Waals surface area contributed by atoms with E-state index < -0.39 is 11.7 Å². The summed E-state index contributed by atoms with van der Waals surface area (Å²) in [6.07, 6.45) is 0.101. The summed E-state index contributed by atoms with van der Waals surface area (Å²) in [7, 11) is 0. The van der Waals surface area contributed by atoms with Crippen LogP contribution in [0.4, 0.5) is 5.69 Å². The van der Waals surface area contributed by atoms with Gasteiger partial charge in [0.05, 0.1) is 4.88 Å². The highest BCUT2D eigenvalue weighted by molar-refractivity contribution is 7.12. The van der Waals surface area contributed by atoms with Crippen molar-refractivity contribution >= 4 is 34.7 Å². The first kappa shape index (κ1) is 15.7. The average Bonchev–Trinajstić information content (AvgIpc) is 2.98. The first-order chi connectivity index (χ1) is 10.5. The van der Waals surface area contributed by atoms with Gasteiger partial charge in [0, 0.05) is 24.6 Å². The molecule has 0 saturated carbocycles. The Morgan fingerprint density at radius 2 is 1.91 bits per heavy atom. The van der Waals surface area contributed by atoms with Crippen molar-refractivity contribution in [2.75, 3.05) is 5.32 Å². The molecule has 1 aromatic heterocycles. The maximum Gasteiger partial charge on any atom is 0.339 e. The Labute approximate surface area is 130 Å². The molecule has 2 rings (SSSR count). The minimum absolute atomic E-state index is 0.0121. The third-order valence-corrected chi connectivity index (χ3v) is 3.80.